The second kappa shape index (κ2) is 5.21. The lowest BCUT2D eigenvalue weighted by Gasteiger charge is -1.97. The third-order valence-electron chi connectivity index (χ3n) is 2.01. The van der Waals surface area contributed by atoms with Crippen molar-refractivity contribution >= 4 is 5.97 Å². The molecule has 0 amide bonds. The van der Waals surface area contributed by atoms with Gasteiger partial charge in [-0.25, -0.2) is 4.79 Å². The van der Waals surface area contributed by atoms with Crippen LogP contribution in [0.3, 0.4) is 0 Å². The van der Waals surface area contributed by atoms with E-state index in [-0.39, 0.29) is 5.69 Å². The molecule has 0 aliphatic rings. The van der Waals surface area contributed by atoms with Crippen LogP contribution < -0.4 is 5.32 Å². The molecule has 2 aromatic rings. The van der Waals surface area contributed by atoms with Crippen LogP contribution in [-0.4, -0.2) is 32.9 Å². The van der Waals surface area contributed by atoms with Crippen LogP contribution in [0, 0.1) is 0 Å². The Bertz CT molecular complexity index is 479. The molecular formula is C9H10N4O4. The van der Waals surface area contributed by atoms with Crippen molar-refractivity contribution in [3.05, 3.63) is 29.7 Å². The summed E-state index contributed by atoms with van der Waals surface area (Å²) in [5.74, 6) is -0.0244. The number of nitrogens with zero attached hydrogens (tertiary/aromatic N) is 3. The first-order chi connectivity index (χ1) is 8.25. The minimum atomic E-state index is -1.10. The Labute approximate surface area is 95.6 Å². The van der Waals surface area contributed by atoms with Crippen LogP contribution in [0.1, 0.15) is 22.1 Å². The Balaban J connectivity index is 1.72. The maximum absolute atomic E-state index is 10.5. The summed E-state index contributed by atoms with van der Waals surface area (Å²) in [6.07, 6.45) is 1.89. The zero-order chi connectivity index (χ0) is 12.1. The van der Waals surface area contributed by atoms with Crippen molar-refractivity contribution in [1.82, 2.24) is 20.6 Å². The molecule has 0 aliphatic heterocycles. The van der Waals surface area contributed by atoms with E-state index in [0.29, 0.717) is 31.1 Å². The highest BCUT2D eigenvalue weighted by molar-refractivity contribution is 5.85. The van der Waals surface area contributed by atoms with Gasteiger partial charge in [-0.15, -0.1) is 0 Å². The third kappa shape index (κ3) is 3.11. The lowest BCUT2D eigenvalue weighted by molar-refractivity contribution is 0.0685. The second-order valence-corrected chi connectivity index (χ2v) is 3.26. The van der Waals surface area contributed by atoms with Gasteiger partial charge in [-0.1, -0.05) is 10.3 Å². The van der Waals surface area contributed by atoms with Gasteiger partial charge in [0.15, 0.2) is 17.3 Å². The second-order valence-electron chi connectivity index (χ2n) is 3.26. The van der Waals surface area contributed by atoms with Crippen LogP contribution in [0.2, 0.25) is 0 Å². The molecule has 90 valence electrons. The molecule has 0 aliphatic carbocycles. The smallest absolute Gasteiger partial charge is 0.358 e. The lowest BCUT2D eigenvalue weighted by atomic mass is 10.3. The van der Waals surface area contributed by atoms with Gasteiger partial charge in [0.25, 0.3) is 0 Å². The zero-order valence-electron chi connectivity index (χ0n) is 8.79. The summed E-state index contributed by atoms with van der Waals surface area (Å²) in [6.45, 7) is 1.03. The summed E-state index contributed by atoms with van der Waals surface area (Å²) in [6, 6.07) is 1.38. The summed E-state index contributed by atoms with van der Waals surface area (Å²) in [5.41, 5.74) is -0.0973. The summed E-state index contributed by atoms with van der Waals surface area (Å²) >= 11 is 0. The van der Waals surface area contributed by atoms with Crippen LogP contribution in [-0.2, 0) is 13.0 Å². The molecular weight excluding hydrogens is 228 g/mol. The van der Waals surface area contributed by atoms with Crippen molar-refractivity contribution in [2.24, 2.45) is 0 Å². The number of carbonyl (C=O) groups is 1. The number of carboxylic acid groups (broad SMARTS) is 1. The molecule has 17 heavy (non-hydrogen) atoms. The molecule has 0 saturated carbocycles. The highest BCUT2D eigenvalue weighted by Gasteiger charge is 2.09. The number of hydrogen-bond acceptors (Lipinski definition) is 7. The van der Waals surface area contributed by atoms with Crippen molar-refractivity contribution < 1.29 is 18.9 Å². The Morgan fingerprint density at radius 3 is 3.00 bits per heavy atom. The van der Waals surface area contributed by atoms with Crippen molar-refractivity contribution in [3.63, 3.8) is 0 Å². The van der Waals surface area contributed by atoms with Gasteiger partial charge < -0.3 is 19.5 Å². The summed E-state index contributed by atoms with van der Waals surface area (Å²) in [5, 5.41) is 18.7. The van der Waals surface area contributed by atoms with E-state index in [9.17, 15) is 4.79 Å². The lowest BCUT2D eigenvalue weighted by Crippen LogP contribution is -2.16. The van der Waals surface area contributed by atoms with Gasteiger partial charge in [0.05, 0.1) is 6.54 Å². The van der Waals surface area contributed by atoms with Crippen LogP contribution in [0.15, 0.2) is 21.5 Å². The van der Waals surface area contributed by atoms with Crippen LogP contribution in [0.4, 0.5) is 0 Å². The van der Waals surface area contributed by atoms with Gasteiger partial charge in [-0.2, -0.15) is 4.98 Å². The van der Waals surface area contributed by atoms with Gasteiger partial charge in [0.2, 0.25) is 6.39 Å². The van der Waals surface area contributed by atoms with Crippen LogP contribution in [0.5, 0.6) is 0 Å². The van der Waals surface area contributed by atoms with E-state index in [2.05, 4.69) is 25.1 Å². The number of hydrogen-bond donors (Lipinski definition) is 2. The molecule has 0 aromatic carbocycles. The van der Waals surface area contributed by atoms with E-state index in [1.165, 1.54) is 12.5 Å². The van der Waals surface area contributed by atoms with Crippen molar-refractivity contribution in [1.29, 1.82) is 0 Å². The molecule has 0 unspecified atom stereocenters. The van der Waals surface area contributed by atoms with E-state index >= 15 is 0 Å². The number of aromatic carboxylic acids is 1. The molecule has 0 atom stereocenters. The Morgan fingerprint density at radius 1 is 1.47 bits per heavy atom. The predicted molar refractivity (Wildman–Crippen MR) is 53.2 cm³/mol. The van der Waals surface area contributed by atoms with Gasteiger partial charge in [-0.3, -0.25) is 0 Å². The maximum Gasteiger partial charge on any atom is 0.358 e. The summed E-state index contributed by atoms with van der Waals surface area (Å²) in [7, 11) is 0. The number of nitrogens with one attached hydrogen (secondary N) is 1. The standard InChI is InChI=1S/C9H10N4O4/c14-9(15)7-3-6(17-12-7)4-10-2-1-8-11-5-16-13-8/h3,5,10H,1-2,4H2,(H,14,15). The number of carboxylic acids is 1. The van der Waals surface area contributed by atoms with Gasteiger partial charge in [0, 0.05) is 19.0 Å². The highest BCUT2D eigenvalue weighted by atomic mass is 16.5. The first-order valence-corrected chi connectivity index (χ1v) is 4.90. The third-order valence-corrected chi connectivity index (χ3v) is 2.01. The minimum Gasteiger partial charge on any atom is -0.476 e. The van der Waals surface area contributed by atoms with Gasteiger partial charge in [0.1, 0.15) is 0 Å². The highest BCUT2D eigenvalue weighted by Crippen LogP contribution is 2.02. The van der Waals surface area contributed by atoms with E-state index in [0.717, 1.165) is 0 Å². The normalized spacial score (nSPS) is 10.6. The van der Waals surface area contributed by atoms with Crippen LogP contribution >= 0.6 is 0 Å². The minimum absolute atomic E-state index is 0.0973. The van der Waals surface area contributed by atoms with E-state index < -0.39 is 5.97 Å². The fourth-order valence-electron chi connectivity index (χ4n) is 1.21. The van der Waals surface area contributed by atoms with Crippen molar-refractivity contribution in [2.45, 2.75) is 13.0 Å². The Hall–Kier alpha value is -2.22. The first-order valence-electron chi connectivity index (χ1n) is 4.90. The SMILES string of the molecule is O=C(O)c1cc(CNCCc2ncon2)on1. The van der Waals surface area contributed by atoms with Crippen LogP contribution in [0.25, 0.3) is 0 Å². The molecule has 0 spiro atoms. The molecule has 8 nitrogen and oxygen atoms in total. The molecule has 8 heteroatoms. The van der Waals surface area contributed by atoms with Crippen molar-refractivity contribution in [2.75, 3.05) is 6.54 Å². The molecule has 2 heterocycles. The average Bonchev–Trinajstić information content (AvgIpc) is 2.96. The van der Waals surface area contributed by atoms with E-state index in [1.807, 2.05) is 0 Å². The summed E-state index contributed by atoms with van der Waals surface area (Å²) < 4.78 is 9.40. The fourth-order valence-corrected chi connectivity index (χ4v) is 1.21. The van der Waals surface area contributed by atoms with Gasteiger partial charge in [-0.05, 0) is 0 Å². The quantitative estimate of drug-likeness (QED) is 0.680. The summed E-state index contributed by atoms with van der Waals surface area (Å²) in [4.78, 5) is 14.4. The van der Waals surface area contributed by atoms with E-state index in [4.69, 9.17) is 9.63 Å². The average molecular weight is 238 g/mol. The molecule has 2 N–H and O–H groups in total. The largest absolute Gasteiger partial charge is 0.476 e. The fraction of sp³-hybridized carbons (Fsp3) is 0.333. The Kier molecular flexibility index (Phi) is 3.46. The molecule has 0 bridgehead atoms. The molecule has 0 saturated heterocycles. The molecule has 0 fully saturated rings. The maximum atomic E-state index is 10.5. The van der Waals surface area contributed by atoms with Crippen molar-refractivity contribution in [3.8, 4) is 0 Å². The zero-order valence-corrected chi connectivity index (χ0v) is 8.79. The topological polar surface area (TPSA) is 114 Å². The monoisotopic (exact) mass is 238 g/mol. The number of rotatable bonds is 6. The first kappa shape index (κ1) is 11.3. The predicted octanol–water partition coefficient (Wildman–Crippen LogP) is 0.0881. The van der Waals surface area contributed by atoms with E-state index in [1.54, 1.807) is 0 Å². The molecule has 2 rings (SSSR count). The molecule has 0 radical (unpaired) electrons. The Morgan fingerprint density at radius 2 is 2.35 bits per heavy atom. The van der Waals surface area contributed by atoms with Gasteiger partial charge >= 0.3 is 5.97 Å². The molecule has 2 aromatic heterocycles. The number of aromatic nitrogens is 3.